The second kappa shape index (κ2) is 7.89. The first-order chi connectivity index (χ1) is 13.9. The zero-order valence-corrected chi connectivity index (χ0v) is 17.2. The van der Waals surface area contributed by atoms with Crippen LogP contribution in [0.1, 0.15) is 30.6 Å². The predicted octanol–water partition coefficient (Wildman–Crippen LogP) is 5.94. The molecular formula is C21H17Cl2N3O3. The Balaban J connectivity index is 1.87. The van der Waals surface area contributed by atoms with Crippen LogP contribution >= 0.6 is 23.2 Å². The van der Waals surface area contributed by atoms with E-state index in [1.54, 1.807) is 53.6 Å². The number of aromatic nitrogens is 3. The highest BCUT2D eigenvalue weighted by molar-refractivity contribution is 6.35. The molecule has 29 heavy (non-hydrogen) atoms. The topological polar surface area (TPSA) is 70.2 Å². The first kappa shape index (κ1) is 19.5. The molecule has 1 atom stereocenters. The summed E-state index contributed by atoms with van der Waals surface area (Å²) in [7, 11) is 0. The van der Waals surface area contributed by atoms with Crippen molar-refractivity contribution in [3.8, 4) is 17.1 Å². The number of halogens is 2. The number of fused-ring (bicyclic) bond motifs is 1. The average Bonchev–Trinajstić information content (AvgIpc) is 3.36. The molecule has 0 spiro atoms. The van der Waals surface area contributed by atoms with E-state index in [4.69, 9.17) is 32.4 Å². The summed E-state index contributed by atoms with van der Waals surface area (Å²) in [6.07, 6.45) is 5.58. The van der Waals surface area contributed by atoms with E-state index >= 15 is 0 Å². The number of ether oxygens (including phenoxy) is 1. The van der Waals surface area contributed by atoms with E-state index in [1.807, 2.05) is 13.8 Å². The molecule has 2 aromatic heterocycles. The van der Waals surface area contributed by atoms with E-state index in [2.05, 4.69) is 9.97 Å². The van der Waals surface area contributed by atoms with Crippen LogP contribution in [0.3, 0.4) is 0 Å². The number of hydrogen-bond acceptors (Lipinski definition) is 5. The first-order valence-corrected chi connectivity index (χ1v) is 9.80. The lowest BCUT2D eigenvalue weighted by molar-refractivity contribution is 0.0334. The van der Waals surface area contributed by atoms with Gasteiger partial charge in [0.05, 0.1) is 23.7 Å². The van der Waals surface area contributed by atoms with Crippen molar-refractivity contribution in [2.24, 2.45) is 0 Å². The molecule has 0 radical (unpaired) electrons. The Morgan fingerprint density at radius 3 is 2.62 bits per heavy atom. The van der Waals surface area contributed by atoms with Gasteiger partial charge in [-0.3, -0.25) is 0 Å². The van der Waals surface area contributed by atoms with Crippen molar-refractivity contribution in [3.63, 3.8) is 0 Å². The van der Waals surface area contributed by atoms with E-state index in [1.165, 1.54) is 0 Å². The molecule has 148 valence electrons. The Labute approximate surface area is 177 Å². The number of hydrogen-bond donors (Lipinski definition) is 0. The maximum atomic E-state index is 12.6. The summed E-state index contributed by atoms with van der Waals surface area (Å²) in [5, 5.41) is 0.949. The van der Waals surface area contributed by atoms with Crippen LogP contribution < -0.4 is 0 Å². The molecule has 4 rings (SSSR count). The number of esters is 1. The van der Waals surface area contributed by atoms with Gasteiger partial charge in [0.1, 0.15) is 5.52 Å². The number of nitrogens with zero attached hydrogens (tertiary/aromatic N) is 3. The summed E-state index contributed by atoms with van der Waals surface area (Å²) in [6, 6.07) is 8.41. The van der Waals surface area contributed by atoms with Crippen molar-refractivity contribution >= 4 is 40.3 Å². The number of benzene rings is 2. The summed E-state index contributed by atoms with van der Waals surface area (Å²) >= 11 is 12.2. The summed E-state index contributed by atoms with van der Waals surface area (Å²) in [6.45, 7) is 3.81. The van der Waals surface area contributed by atoms with Crippen LogP contribution in [0.4, 0.5) is 0 Å². The number of carbonyl (C=O) groups excluding carboxylic acids is 1. The third-order valence-electron chi connectivity index (χ3n) is 4.49. The van der Waals surface area contributed by atoms with Crippen LogP contribution in [0.25, 0.3) is 28.2 Å². The molecule has 2 heterocycles. The molecule has 6 nitrogen and oxygen atoms in total. The number of carbonyl (C=O) groups is 1. The zero-order chi connectivity index (χ0) is 20.5. The second-order valence-electron chi connectivity index (χ2n) is 6.61. The zero-order valence-electron chi connectivity index (χ0n) is 15.7. The molecule has 0 bridgehead atoms. The molecule has 4 aromatic rings. The summed E-state index contributed by atoms with van der Waals surface area (Å²) in [5.74, 6) is -0.0791. The maximum absolute atomic E-state index is 12.6. The standard InChI is InChI=1S/C21H17Cl2N3O3/c1-3-12(2)28-21(27)14-8-17(26-5-4-24-11-26)19-18(9-14)29-20(25-19)13-6-15(22)10-16(23)7-13/h4-12H,3H2,1-2H3. The van der Waals surface area contributed by atoms with Gasteiger partial charge in [0.2, 0.25) is 5.89 Å². The molecule has 8 heteroatoms. The van der Waals surface area contributed by atoms with Crippen LogP contribution in [-0.2, 0) is 4.74 Å². The minimum atomic E-state index is -0.425. The molecular weight excluding hydrogens is 413 g/mol. The molecule has 0 aliphatic rings. The Hall–Kier alpha value is -2.83. The van der Waals surface area contributed by atoms with Crippen LogP contribution in [0.15, 0.2) is 53.5 Å². The van der Waals surface area contributed by atoms with Gasteiger partial charge in [-0.1, -0.05) is 30.1 Å². The molecule has 0 saturated carbocycles. The third kappa shape index (κ3) is 3.99. The van der Waals surface area contributed by atoms with E-state index < -0.39 is 5.97 Å². The fourth-order valence-electron chi connectivity index (χ4n) is 2.86. The van der Waals surface area contributed by atoms with Crippen molar-refractivity contribution in [1.82, 2.24) is 14.5 Å². The van der Waals surface area contributed by atoms with Crippen molar-refractivity contribution in [2.45, 2.75) is 26.4 Å². The Bertz CT molecular complexity index is 1170. The fourth-order valence-corrected chi connectivity index (χ4v) is 3.39. The van der Waals surface area contributed by atoms with Gasteiger partial charge in [-0.15, -0.1) is 0 Å². The lowest BCUT2D eigenvalue weighted by Gasteiger charge is -2.11. The van der Waals surface area contributed by atoms with Crippen molar-refractivity contribution in [3.05, 3.63) is 64.7 Å². The van der Waals surface area contributed by atoms with Gasteiger partial charge < -0.3 is 13.7 Å². The molecule has 0 N–H and O–H groups in total. The second-order valence-corrected chi connectivity index (χ2v) is 7.49. The van der Waals surface area contributed by atoms with Crippen molar-refractivity contribution in [2.75, 3.05) is 0 Å². The molecule has 0 amide bonds. The quantitative estimate of drug-likeness (QED) is 0.367. The minimum absolute atomic E-state index is 0.186. The predicted molar refractivity (Wildman–Crippen MR) is 112 cm³/mol. The van der Waals surface area contributed by atoms with Gasteiger partial charge in [-0.25, -0.2) is 14.8 Å². The van der Waals surface area contributed by atoms with Gasteiger partial charge in [0, 0.05) is 28.0 Å². The largest absolute Gasteiger partial charge is 0.459 e. The maximum Gasteiger partial charge on any atom is 0.338 e. The van der Waals surface area contributed by atoms with Crippen LogP contribution in [0.2, 0.25) is 10.0 Å². The summed E-state index contributed by atoms with van der Waals surface area (Å²) in [5.41, 5.74) is 2.68. The highest BCUT2D eigenvalue weighted by Gasteiger charge is 2.19. The van der Waals surface area contributed by atoms with Crippen molar-refractivity contribution < 1.29 is 13.9 Å². The Kier molecular flexibility index (Phi) is 5.30. The van der Waals surface area contributed by atoms with Gasteiger partial charge in [-0.05, 0) is 43.7 Å². The number of oxazole rings is 1. The van der Waals surface area contributed by atoms with Crippen LogP contribution in [0, 0.1) is 0 Å². The third-order valence-corrected chi connectivity index (χ3v) is 4.92. The van der Waals surface area contributed by atoms with E-state index in [-0.39, 0.29) is 6.10 Å². The molecule has 0 aliphatic heterocycles. The monoisotopic (exact) mass is 429 g/mol. The van der Waals surface area contributed by atoms with E-state index in [0.29, 0.717) is 43.9 Å². The van der Waals surface area contributed by atoms with Gasteiger partial charge in [0.15, 0.2) is 5.58 Å². The Morgan fingerprint density at radius 1 is 1.21 bits per heavy atom. The van der Waals surface area contributed by atoms with E-state index in [9.17, 15) is 4.79 Å². The first-order valence-electron chi connectivity index (χ1n) is 9.05. The van der Waals surface area contributed by atoms with Crippen LogP contribution in [-0.4, -0.2) is 26.6 Å². The molecule has 1 unspecified atom stereocenters. The normalized spacial score (nSPS) is 12.3. The summed E-state index contributed by atoms with van der Waals surface area (Å²) < 4.78 is 13.2. The number of imidazole rings is 1. The fraction of sp³-hybridized carbons (Fsp3) is 0.190. The average molecular weight is 430 g/mol. The lowest BCUT2D eigenvalue weighted by Crippen LogP contribution is -2.14. The molecule has 2 aromatic carbocycles. The minimum Gasteiger partial charge on any atom is -0.459 e. The molecule has 0 aliphatic carbocycles. The van der Waals surface area contributed by atoms with Gasteiger partial charge in [0.25, 0.3) is 0 Å². The van der Waals surface area contributed by atoms with Gasteiger partial charge >= 0.3 is 5.97 Å². The highest BCUT2D eigenvalue weighted by atomic mass is 35.5. The SMILES string of the molecule is CCC(C)OC(=O)c1cc(-n2ccnc2)c2nc(-c3cc(Cl)cc(Cl)c3)oc2c1. The Morgan fingerprint density at radius 2 is 1.97 bits per heavy atom. The summed E-state index contributed by atoms with van der Waals surface area (Å²) in [4.78, 5) is 21.3. The lowest BCUT2D eigenvalue weighted by atomic mass is 10.1. The van der Waals surface area contributed by atoms with E-state index in [0.717, 1.165) is 6.42 Å². The van der Waals surface area contributed by atoms with Gasteiger partial charge in [-0.2, -0.15) is 0 Å². The van der Waals surface area contributed by atoms with Crippen LogP contribution in [0.5, 0.6) is 0 Å². The number of rotatable bonds is 5. The highest BCUT2D eigenvalue weighted by Crippen LogP contribution is 2.32. The smallest absolute Gasteiger partial charge is 0.338 e. The van der Waals surface area contributed by atoms with Crippen molar-refractivity contribution in [1.29, 1.82) is 0 Å². The molecule has 0 fully saturated rings. The molecule has 0 saturated heterocycles.